The highest BCUT2D eigenvalue weighted by Gasteiger charge is 2.31. The van der Waals surface area contributed by atoms with Gasteiger partial charge in [0.05, 0.1) is 0 Å². The number of hydrogen-bond donors (Lipinski definition) is 0. The number of amides is 1. The van der Waals surface area contributed by atoms with Crippen LogP contribution in [0.4, 0.5) is 5.69 Å². The van der Waals surface area contributed by atoms with Crippen molar-refractivity contribution in [1.29, 1.82) is 0 Å². The van der Waals surface area contributed by atoms with Gasteiger partial charge in [-0.1, -0.05) is 55.5 Å². The van der Waals surface area contributed by atoms with Gasteiger partial charge in [-0.25, -0.2) is 0 Å². The number of piperidine rings is 1. The molecular weight excluding hydrogens is 332 g/mol. The molecule has 0 aromatic heterocycles. The molecule has 3 heteroatoms. The van der Waals surface area contributed by atoms with Crippen LogP contribution >= 0.6 is 0 Å². The second-order valence-electron chi connectivity index (χ2n) is 7.67. The number of likely N-dealkylation sites (tertiary alicyclic amines) is 1. The van der Waals surface area contributed by atoms with Crippen LogP contribution < -0.4 is 4.90 Å². The molecule has 0 radical (unpaired) electrons. The van der Waals surface area contributed by atoms with E-state index in [0.29, 0.717) is 18.4 Å². The fourth-order valence-electron chi connectivity index (χ4n) is 4.33. The molecule has 3 nitrogen and oxygen atoms in total. The molecule has 1 fully saturated rings. The summed E-state index contributed by atoms with van der Waals surface area (Å²) in [7, 11) is 2.25. The summed E-state index contributed by atoms with van der Waals surface area (Å²) in [6.45, 7) is 3.93. The molecule has 2 unspecified atom stereocenters. The molecule has 1 heterocycles. The summed E-state index contributed by atoms with van der Waals surface area (Å²) in [6.07, 6.45) is 5.20. The Labute approximate surface area is 164 Å². The lowest BCUT2D eigenvalue weighted by molar-refractivity contribution is -0.118. The summed E-state index contributed by atoms with van der Waals surface area (Å²) in [6, 6.07) is 21.4. The van der Waals surface area contributed by atoms with E-state index >= 15 is 0 Å². The topological polar surface area (TPSA) is 23.6 Å². The zero-order chi connectivity index (χ0) is 19.1. The summed E-state index contributed by atoms with van der Waals surface area (Å²) in [5.74, 6) is 0.736. The van der Waals surface area contributed by atoms with Gasteiger partial charge in [-0.15, -0.1) is 0 Å². The number of para-hydroxylation sites is 1. The molecule has 1 saturated heterocycles. The maximum Gasteiger partial charge on any atom is 0.226 e. The summed E-state index contributed by atoms with van der Waals surface area (Å²) < 4.78 is 0. The van der Waals surface area contributed by atoms with E-state index in [0.717, 1.165) is 31.6 Å². The average molecular weight is 365 g/mol. The number of rotatable bonds is 7. The second-order valence-corrected chi connectivity index (χ2v) is 7.67. The highest BCUT2D eigenvalue weighted by molar-refractivity contribution is 5.93. The lowest BCUT2D eigenvalue weighted by Gasteiger charge is -2.41. The van der Waals surface area contributed by atoms with Crippen molar-refractivity contribution in [2.24, 2.45) is 5.92 Å². The molecule has 1 amide bonds. The van der Waals surface area contributed by atoms with Crippen LogP contribution in [0, 0.1) is 5.92 Å². The summed E-state index contributed by atoms with van der Waals surface area (Å²) in [5, 5.41) is 0. The van der Waals surface area contributed by atoms with E-state index in [9.17, 15) is 4.79 Å². The summed E-state index contributed by atoms with van der Waals surface area (Å²) >= 11 is 0. The first kappa shape index (κ1) is 19.6. The Morgan fingerprint density at radius 3 is 2.41 bits per heavy atom. The van der Waals surface area contributed by atoms with Crippen molar-refractivity contribution < 1.29 is 4.79 Å². The second kappa shape index (κ2) is 9.70. The molecule has 144 valence electrons. The molecule has 1 aliphatic rings. The van der Waals surface area contributed by atoms with Gasteiger partial charge in [0, 0.05) is 24.7 Å². The van der Waals surface area contributed by atoms with Gasteiger partial charge < -0.3 is 9.80 Å². The van der Waals surface area contributed by atoms with Crippen LogP contribution in [0.3, 0.4) is 0 Å². The Hall–Kier alpha value is -2.13. The number of carbonyl (C=O) groups excluding carboxylic acids is 1. The summed E-state index contributed by atoms with van der Waals surface area (Å²) in [4.78, 5) is 17.2. The van der Waals surface area contributed by atoms with Gasteiger partial charge in [-0.2, -0.15) is 0 Å². The summed E-state index contributed by atoms with van der Waals surface area (Å²) in [5.41, 5.74) is 2.43. The maximum absolute atomic E-state index is 12.7. The number of aryl methyl sites for hydroxylation is 1. The highest BCUT2D eigenvalue weighted by atomic mass is 16.2. The third-order valence-corrected chi connectivity index (χ3v) is 5.86. The molecule has 27 heavy (non-hydrogen) atoms. The first-order chi connectivity index (χ1) is 13.2. The predicted molar refractivity (Wildman–Crippen MR) is 113 cm³/mol. The number of anilines is 1. The Morgan fingerprint density at radius 2 is 1.74 bits per heavy atom. The van der Waals surface area contributed by atoms with Crippen LogP contribution in [0.2, 0.25) is 0 Å². The molecule has 2 atom stereocenters. The Morgan fingerprint density at radius 1 is 1.07 bits per heavy atom. The Bertz CT molecular complexity index is 701. The van der Waals surface area contributed by atoms with Crippen molar-refractivity contribution in [3.63, 3.8) is 0 Å². The van der Waals surface area contributed by atoms with Crippen LogP contribution in [0.1, 0.15) is 38.2 Å². The van der Waals surface area contributed by atoms with E-state index in [1.165, 1.54) is 18.4 Å². The Kier molecular flexibility index (Phi) is 7.05. The zero-order valence-corrected chi connectivity index (χ0v) is 16.7. The van der Waals surface area contributed by atoms with Gasteiger partial charge in [-0.05, 0) is 62.9 Å². The van der Waals surface area contributed by atoms with Crippen LogP contribution in [-0.4, -0.2) is 37.0 Å². The van der Waals surface area contributed by atoms with Gasteiger partial charge in [-0.3, -0.25) is 4.79 Å². The molecule has 2 aromatic carbocycles. The molecule has 0 N–H and O–H groups in total. The molecule has 0 spiro atoms. The largest absolute Gasteiger partial charge is 0.312 e. The first-order valence-electron chi connectivity index (χ1n) is 10.3. The molecule has 0 bridgehead atoms. The quantitative estimate of drug-likeness (QED) is 0.706. The van der Waals surface area contributed by atoms with Crippen molar-refractivity contribution >= 4 is 11.6 Å². The van der Waals surface area contributed by atoms with E-state index in [1.54, 1.807) is 0 Å². The van der Waals surface area contributed by atoms with Crippen molar-refractivity contribution in [3.05, 3.63) is 66.2 Å². The van der Waals surface area contributed by atoms with Crippen molar-refractivity contribution in [1.82, 2.24) is 4.90 Å². The van der Waals surface area contributed by atoms with Crippen LogP contribution in [0.25, 0.3) is 0 Å². The number of benzene rings is 2. The average Bonchev–Trinajstić information content (AvgIpc) is 2.72. The van der Waals surface area contributed by atoms with E-state index in [2.05, 4.69) is 54.4 Å². The van der Waals surface area contributed by atoms with E-state index in [-0.39, 0.29) is 5.91 Å². The number of hydrogen-bond acceptors (Lipinski definition) is 2. The molecule has 0 saturated carbocycles. The minimum atomic E-state index is 0.219. The monoisotopic (exact) mass is 364 g/mol. The fourth-order valence-corrected chi connectivity index (χ4v) is 4.33. The number of nitrogens with zero attached hydrogens (tertiary/aromatic N) is 2. The van der Waals surface area contributed by atoms with Gasteiger partial charge in [0.2, 0.25) is 5.91 Å². The normalized spacial score (nSPS) is 20.4. The van der Waals surface area contributed by atoms with Crippen LogP contribution in [0.15, 0.2) is 60.7 Å². The molecule has 0 aliphatic carbocycles. The van der Waals surface area contributed by atoms with E-state index in [4.69, 9.17) is 0 Å². The van der Waals surface area contributed by atoms with Gasteiger partial charge in [0.15, 0.2) is 0 Å². The van der Waals surface area contributed by atoms with Gasteiger partial charge >= 0.3 is 0 Å². The van der Waals surface area contributed by atoms with Crippen LogP contribution in [0.5, 0.6) is 0 Å². The lowest BCUT2D eigenvalue weighted by Crippen LogP contribution is -2.48. The molecule has 3 rings (SSSR count). The predicted octanol–water partition coefficient (Wildman–Crippen LogP) is 4.77. The third-order valence-electron chi connectivity index (χ3n) is 5.86. The standard InChI is InChI=1S/C24H32N2O/c1-3-24(27)26(22-14-8-5-9-15-22)19-21-13-10-18-25(2)23(21)17-16-20-11-6-4-7-12-20/h4-9,11-12,14-15,21,23H,3,10,13,16-19H2,1-2H3. The SMILES string of the molecule is CCC(=O)N(CC1CCCN(C)C1CCc1ccccc1)c1ccccc1. The molecule has 2 aromatic rings. The van der Waals surface area contributed by atoms with Crippen molar-refractivity contribution in [2.75, 3.05) is 25.0 Å². The van der Waals surface area contributed by atoms with Crippen molar-refractivity contribution in [2.45, 2.75) is 45.1 Å². The highest BCUT2D eigenvalue weighted by Crippen LogP contribution is 2.29. The molecular formula is C24H32N2O. The molecule has 1 aliphatic heterocycles. The third kappa shape index (κ3) is 5.20. The smallest absolute Gasteiger partial charge is 0.226 e. The van der Waals surface area contributed by atoms with Crippen molar-refractivity contribution in [3.8, 4) is 0 Å². The van der Waals surface area contributed by atoms with E-state index < -0.39 is 0 Å². The first-order valence-corrected chi connectivity index (χ1v) is 10.3. The minimum Gasteiger partial charge on any atom is -0.312 e. The van der Waals surface area contributed by atoms with Gasteiger partial charge in [0.25, 0.3) is 0 Å². The minimum absolute atomic E-state index is 0.219. The number of carbonyl (C=O) groups is 1. The fraction of sp³-hybridized carbons (Fsp3) is 0.458. The lowest BCUT2D eigenvalue weighted by atomic mass is 9.85. The maximum atomic E-state index is 12.7. The Balaban J connectivity index is 1.73. The van der Waals surface area contributed by atoms with E-state index in [1.807, 2.05) is 30.0 Å². The zero-order valence-electron chi connectivity index (χ0n) is 16.7. The van der Waals surface area contributed by atoms with Crippen LogP contribution in [-0.2, 0) is 11.2 Å². The van der Waals surface area contributed by atoms with Gasteiger partial charge in [0.1, 0.15) is 0 Å².